The number of nitrogens with zero attached hydrogens (tertiary/aromatic N) is 2. The molecule has 3 amide bonds. The van der Waals surface area contributed by atoms with E-state index in [9.17, 15) is 14.4 Å². The molecule has 1 atom stereocenters. The lowest BCUT2D eigenvalue weighted by molar-refractivity contribution is -0.139. The van der Waals surface area contributed by atoms with Crippen molar-refractivity contribution in [3.05, 3.63) is 42.0 Å². The number of nitrogens with one attached hydrogen (secondary N) is 1. The number of hydrogen-bond donors (Lipinski definition) is 2. The molecule has 0 saturated carbocycles. The van der Waals surface area contributed by atoms with Crippen molar-refractivity contribution in [2.75, 3.05) is 11.5 Å². The summed E-state index contributed by atoms with van der Waals surface area (Å²) in [5, 5.41) is 14.0. The highest BCUT2D eigenvalue weighted by molar-refractivity contribution is 6.21. The molecule has 0 aliphatic carbocycles. The van der Waals surface area contributed by atoms with Crippen LogP contribution in [0.3, 0.4) is 0 Å². The Labute approximate surface area is 138 Å². The Kier molecular flexibility index (Phi) is 5.67. The second kappa shape index (κ2) is 7.91. The van der Waals surface area contributed by atoms with Gasteiger partial charge in [-0.05, 0) is 24.1 Å². The Hall–Kier alpha value is -3.16. The first kappa shape index (κ1) is 17.2. The minimum Gasteiger partial charge on any atom is -0.462 e. The van der Waals surface area contributed by atoms with Gasteiger partial charge in [-0.15, -0.1) is 0 Å². The Morgan fingerprint density at radius 3 is 2.67 bits per heavy atom. The van der Waals surface area contributed by atoms with E-state index < -0.39 is 12.1 Å². The van der Waals surface area contributed by atoms with E-state index in [-0.39, 0.29) is 18.5 Å². The van der Waals surface area contributed by atoms with Crippen LogP contribution in [0.1, 0.15) is 18.9 Å². The van der Waals surface area contributed by atoms with Gasteiger partial charge < -0.3 is 15.3 Å². The van der Waals surface area contributed by atoms with Gasteiger partial charge in [0.1, 0.15) is 12.6 Å². The zero-order chi connectivity index (χ0) is 17.5. The minimum absolute atomic E-state index is 0.127. The van der Waals surface area contributed by atoms with Crippen LogP contribution in [0.2, 0.25) is 0 Å². The Morgan fingerprint density at radius 1 is 1.33 bits per heavy atom. The molecule has 2 N–H and O–H groups in total. The van der Waals surface area contributed by atoms with Crippen molar-refractivity contribution in [2.24, 2.45) is 5.16 Å². The highest BCUT2D eigenvalue weighted by Crippen LogP contribution is 2.21. The fourth-order valence-electron chi connectivity index (χ4n) is 2.18. The normalized spacial score (nSPS) is 17.7. The number of anilines is 1. The van der Waals surface area contributed by atoms with Crippen LogP contribution in [0, 0.1) is 0 Å². The maximum atomic E-state index is 12.4. The third kappa shape index (κ3) is 4.19. The molecule has 1 aromatic rings. The van der Waals surface area contributed by atoms with Gasteiger partial charge in [-0.2, -0.15) is 0 Å². The minimum atomic E-state index is -0.662. The smallest absolute Gasteiger partial charge is 0.329 e. The van der Waals surface area contributed by atoms with Crippen molar-refractivity contribution in [2.45, 2.75) is 19.4 Å². The van der Waals surface area contributed by atoms with Crippen LogP contribution in [0.4, 0.5) is 10.5 Å². The first-order valence-corrected chi connectivity index (χ1v) is 7.23. The SMILES string of the molecule is CC(=O)OCC=CCC1NC(=O)N(c2ccc(C=NO)cc2)C1=O. The van der Waals surface area contributed by atoms with E-state index in [2.05, 4.69) is 10.5 Å². The second-order valence-electron chi connectivity index (χ2n) is 5.02. The molecule has 8 heteroatoms. The van der Waals surface area contributed by atoms with E-state index in [0.29, 0.717) is 17.7 Å². The quantitative estimate of drug-likeness (QED) is 0.205. The first-order valence-electron chi connectivity index (χ1n) is 7.23. The molecule has 8 nitrogen and oxygen atoms in total. The standard InChI is InChI=1S/C16H17N3O5/c1-11(20)24-9-3-2-4-14-15(21)19(16(22)18-14)13-7-5-12(6-8-13)10-17-23/h2-3,5-8,10,14,23H,4,9H2,1H3,(H,18,22). The largest absolute Gasteiger partial charge is 0.462 e. The number of carbonyl (C=O) groups excluding carboxylic acids is 3. The fourth-order valence-corrected chi connectivity index (χ4v) is 2.18. The zero-order valence-electron chi connectivity index (χ0n) is 13.0. The molecule has 0 spiro atoms. The van der Waals surface area contributed by atoms with Crippen LogP contribution in [0.25, 0.3) is 0 Å². The molecule has 1 saturated heterocycles. The third-order valence-corrected chi connectivity index (χ3v) is 3.30. The van der Waals surface area contributed by atoms with Crippen LogP contribution < -0.4 is 10.2 Å². The van der Waals surface area contributed by atoms with Crippen molar-refractivity contribution in [1.82, 2.24) is 5.32 Å². The van der Waals surface area contributed by atoms with Gasteiger partial charge >= 0.3 is 12.0 Å². The summed E-state index contributed by atoms with van der Waals surface area (Å²) in [6.45, 7) is 1.44. The topological polar surface area (TPSA) is 108 Å². The van der Waals surface area contributed by atoms with Crippen molar-refractivity contribution in [1.29, 1.82) is 0 Å². The summed E-state index contributed by atoms with van der Waals surface area (Å²) in [5.41, 5.74) is 1.07. The Balaban J connectivity index is 1.99. The summed E-state index contributed by atoms with van der Waals surface area (Å²) in [7, 11) is 0. The molecule has 24 heavy (non-hydrogen) atoms. The van der Waals surface area contributed by atoms with E-state index in [1.807, 2.05) is 0 Å². The number of urea groups is 1. The average Bonchev–Trinajstić information content (AvgIpc) is 2.82. The van der Waals surface area contributed by atoms with E-state index in [1.54, 1.807) is 36.4 Å². The maximum Gasteiger partial charge on any atom is 0.329 e. The highest BCUT2D eigenvalue weighted by atomic mass is 16.5. The lowest BCUT2D eigenvalue weighted by Crippen LogP contribution is -2.31. The number of esters is 1. The number of hydrogen-bond acceptors (Lipinski definition) is 6. The van der Waals surface area contributed by atoms with Crippen LogP contribution in [0.15, 0.2) is 41.6 Å². The number of benzene rings is 1. The predicted molar refractivity (Wildman–Crippen MR) is 86.0 cm³/mol. The van der Waals surface area contributed by atoms with Crippen molar-refractivity contribution < 1.29 is 24.3 Å². The molecule has 1 aromatic carbocycles. The fraction of sp³-hybridized carbons (Fsp3) is 0.250. The molecular formula is C16H17N3O5. The van der Waals surface area contributed by atoms with Gasteiger partial charge in [-0.25, -0.2) is 9.69 Å². The van der Waals surface area contributed by atoms with Crippen molar-refractivity contribution in [3.63, 3.8) is 0 Å². The summed E-state index contributed by atoms with van der Waals surface area (Å²) in [4.78, 5) is 36.1. The van der Waals surface area contributed by atoms with Gasteiger partial charge in [0.05, 0.1) is 11.9 Å². The second-order valence-corrected chi connectivity index (χ2v) is 5.02. The summed E-state index contributed by atoms with van der Waals surface area (Å²) >= 11 is 0. The molecule has 0 aromatic heterocycles. The number of imide groups is 1. The average molecular weight is 331 g/mol. The molecule has 1 heterocycles. The van der Waals surface area contributed by atoms with E-state index in [1.165, 1.54) is 13.1 Å². The van der Waals surface area contributed by atoms with Crippen LogP contribution >= 0.6 is 0 Å². The van der Waals surface area contributed by atoms with Gasteiger partial charge in [-0.1, -0.05) is 29.4 Å². The summed E-state index contributed by atoms with van der Waals surface area (Å²) in [6, 6.07) is 5.27. The number of carbonyl (C=O) groups is 3. The van der Waals surface area contributed by atoms with Crippen molar-refractivity contribution in [3.8, 4) is 0 Å². The number of rotatable bonds is 6. The molecule has 0 radical (unpaired) electrons. The van der Waals surface area contributed by atoms with Crippen molar-refractivity contribution >= 4 is 29.8 Å². The molecule has 2 rings (SSSR count). The number of amides is 3. The van der Waals surface area contributed by atoms with Crippen LogP contribution in [-0.4, -0.2) is 42.0 Å². The van der Waals surface area contributed by atoms with Gasteiger partial charge in [-0.3, -0.25) is 9.59 Å². The highest BCUT2D eigenvalue weighted by Gasteiger charge is 2.38. The zero-order valence-corrected chi connectivity index (χ0v) is 13.0. The van der Waals surface area contributed by atoms with Crippen LogP contribution in [0.5, 0.6) is 0 Å². The molecular weight excluding hydrogens is 314 g/mol. The predicted octanol–water partition coefficient (Wildman–Crippen LogP) is 1.43. The number of ether oxygens (including phenoxy) is 1. The lowest BCUT2D eigenvalue weighted by atomic mass is 10.1. The molecule has 1 aliphatic rings. The van der Waals surface area contributed by atoms with E-state index in [0.717, 1.165) is 4.90 Å². The molecule has 0 bridgehead atoms. The van der Waals surface area contributed by atoms with E-state index in [4.69, 9.17) is 9.94 Å². The lowest BCUT2D eigenvalue weighted by Gasteiger charge is -2.12. The summed E-state index contributed by atoms with van der Waals surface area (Å²) in [6.07, 6.45) is 4.84. The van der Waals surface area contributed by atoms with Gasteiger partial charge in [0.2, 0.25) is 0 Å². The number of oxime groups is 1. The van der Waals surface area contributed by atoms with Crippen LogP contribution in [-0.2, 0) is 14.3 Å². The monoisotopic (exact) mass is 331 g/mol. The van der Waals surface area contributed by atoms with Gasteiger partial charge in [0.25, 0.3) is 5.91 Å². The first-order chi connectivity index (χ1) is 11.5. The van der Waals surface area contributed by atoms with Gasteiger partial charge in [0, 0.05) is 6.92 Å². The third-order valence-electron chi connectivity index (χ3n) is 3.30. The summed E-state index contributed by atoms with van der Waals surface area (Å²) in [5.74, 6) is -0.744. The van der Waals surface area contributed by atoms with Gasteiger partial charge in [0.15, 0.2) is 0 Å². The molecule has 1 fully saturated rings. The Morgan fingerprint density at radius 2 is 2.04 bits per heavy atom. The summed E-state index contributed by atoms with van der Waals surface area (Å²) < 4.78 is 4.74. The molecule has 126 valence electrons. The molecule has 1 aliphatic heterocycles. The van der Waals surface area contributed by atoms with E-state index >= 15 is 0 Å². The maximum absolute atomic E-state index is 12.4. The Bertz CT molecular complexity index is 681. The molecule has 1 unspecified atom stereocenters.